The quantitative estimate of drug-likeness (QED) is 0.496. The smallest absolute Gasteiger partial charge is 0.346 e. The van der Waals surface area contributed by atoms with Crippen molar-refractivity contribution in [3.63, 3.8) is 0 Å². The first-order chi connectivity index (χ1) is 17.7. The van der Waals surface area contributed by atoms with E-state index < -0.39 is 135 Å². The van der Waals surface area contributed by atoms with E-state index in [9.17, 15) is 19.2 Å². The first-order valence-corrected chi connectivity index (χ1v) is 7.93. The maximum atomic E-state index is 12.4. The van der Waals surface area contributed by atoms with Gasteiger partial charge in [0.1, 0.15) is 0 Å². The Morgan fingerprint density at radius 2 is 1.14 bits per heavy atom. The van der Waals surface area contributed by atoms with Crippen LogP contribution in [0.4, 0.5) is 0 Å². The fraction of sp³-hybridized carbons (Fsp3) is 0.0435. The fourth-order valence-electron chi connectivity index (χ4n) is 2.89. The van der Waals surface area contributed by atoms with Crippen molar-refractivity contribution in [2.75, 3.05) is 0 Å². The van der Waals surface area contributed by atoms with Crippen molar-refractivity contribution in [2.24, 2.45) is 0 Å². The molecule has 5 heteroatoms. The summed E-state index contributed by atoms with van der Waals surface area (Å²) in [5.74, 6) is -4.09. The SMILES string of the molecule is [2H]c1c([2H])c(-c2c([2H])c([2H])c3c(c2[2H])C(=O)CC3=O)c([2H])c(-c2c([2H])c([2H])c3c(c2[2H])C(=O)OC3=O)c1[2H]. The number of carbonyl (C=O) groups excluding carboxylic acids is 4. The molecule has 0 radical (unpaired) electrons. The Morgan fingerprint density at radius 1 is 0.607 bits per heavy atom. The van der Waals surface area contributed by atoms with E-state index >= 15 is 0 Å². The summed E-state index contributed by atoms with van der Waals surface area (Å²) >= 11 is 0. The van der Waals surface area contributed by atoms with Gasteiger partial charge in [0.15, 0.2) is 11.6 Å². The summed E-state index contributed by atoms with van der Waals surface area (Å²) in [6.07, 6.45) is -0.626. The molecule has 0 saturated carbocycles. The van der Waals surface area contributed by atoms with Crippen molar-refractivity contribution in [3.8, 4) is 22.3 Å². The normalized spacial score (nSPS) is 19.9. The maximum absolute atomic E-state index is 12.4. The molecule has 2 aliphatic rings. The van der Waals surface area contributed by atoms with Gasteiger partial charge < -0.3 is 4.74 Å². The molecular formula is C23H12O5. The highest BCUT2D eigenvalue weighted by molar-refractivity contribution is 6.24. The number of benzene rings is 3. The Morgan fingerprint density at radius 3 is 1.86 bits per heavy atom. The first kappa shape index (κ1) is 8.89. The fourth-order valence-corrected chi connectivity index (χ4v) is 2.89. The molecular weight excluding hydrogens is 356 g/mol. The van der Waals surface area contributed by atoms with Gasteiger partial charge in [-0.2, -0.15) is 0 Å². The van der Waals surface area contributed by atoms with Crippen LogP contribution in [-0.4, -0.2) is 23.5 Å². The molecule has 0 saturated heterocycles. The van der Waals surface area contributed by atoms with E-state index in [-0.39, 0.29) is 0 Å². The lowest BCUT2D eigenvalue weighted by atomic mass is 9.95. The Labute approximate surface area is 173 Å². The molecule has 5 nitrogen and oxygen atoms in total. The summed E-state index contributed by atoms with van der Waals surface area (Å²) in [5.41, 5.74) is -4.82. The third kappa shape index (κ3) is 2.41. The number of esters is 2. The van der Waals surface area contributed by atoms with E-state index in [1.54, 1.807) is 0 Å². The molecule has 5 rings (SSSR count). The van der Waals surface area contributed by atoms with Gasteiger partial charge in [-0.05, 0) is 46.4 Å². The van der Waals surface area contributed by atoms with E-state index in [1.165, 1.54) is 0 Å². The zero-order chi connectivity index (χ0) is 28.1. The standard InChI is InChI=1S/C23H12O5/c24-20-11-21(25)18-9-14(4-6-16(18)20)12-2-1-3-13(8-12)15-5-7-17-19(10-15)23(27)28-22(17)26/h1-10H,11H2/i1D,2D,3D,4D,5D,6D,7D,8D,9D,10D. The van der Waals surface area contributed by atoms with Gasteiger partial charge in [0, 0.05) is 11.1 Å². The van der Waals surface area contributed by atoms with Gasteiger partial charge in [0.05, 0.1) is 31.3 Å². The number of rotatable bonds is 2. The highest BCUT2D eigenvalue weighted by Gasteiger charge is 2.30. The molecule has 1 aliphatic carbocycles. The second-order valence-corrected chi connectivity index (χ2v) is 5.95. The van der Waals surface area contributed by atoms with E-state index in [0.29, 0.717) is 0 Å². The van der Waals surface area contributed by atoms with Crippen LogP contribution in [0.1, 0.15) is 61.6 Å². The number of Topliss-reactive ketones (excluding diaryl/α,β-unsaturated/α-hetero) is 2. The summed E-state index contributed by atoms with van der Waals surface area (Å²) in [5, 5.41) is 0. The van der Waals surface area contributed by atoms with Crippen molar-refractivity contribution in [3.05, 3.63) is 82.7 Å². The second-order valence-electron chi connectivity index (χ2n) is 5.95. The predicted molar refractivity (Wildman–Crippen MR) is 100 cm³/mol. The van der Waals surface area contributed by atoms with Crippen molar-refractivity contribution in [1.82, 2.24) is 0 Å². The van der Waals surface area contributed by atoms with Gasteiger partial charge in [0.25, 0.3) is 0 Å². The van der Waals surface area contributed by atoms with Gasteiger partial charge in [0.2, 0.25) is 0 Å². The highest BCUT2D eigenvalue weighted by Crippen LogP contribution is 2.32. The molecule has 0 fully saturated rings. The van der Waals surface area contributed by atoms with E-state index in [1.807, 2.05) is 0 Å². The third-order valence-corrected chi connectivity index (χ3v) is 4.22. The van der Waals surface area contributed by atoms with Gasteiger partial charge in [-0.25, -0.2) is 9.59 Å². The van der Waals surface area contributed by atoms with Crippen LogP contribution < -0.4 is 0 Å². The zero-order valence-electron chi connectivity index (χ0n) is 23.7. The van der Waals surface area contributed by atoms with Crippen molar-refractivity contribution < 1.29 is 37.6 Å². The number of carbonyl (C=O) groups is 4. The monoisotopic (exact) mass is 378 g/mol. The third-order valence-electron chi connectivity index (χ3n) is 4.22. The van der Waals surface area contributed by atoms with Crippen LogP contribution in [-0.2, 0) is 4.74 Å². The molecule has 1 aliphatic heterocycles. The summed E-state index contributed by atoms with van der Waals surface area (Å²) in [4.78, 5) is 48.9. The summed E-state index contributed by atoms with van der Waals surface area (Å²) in [6.45, 7) is 0. The van der Waals surface area contributed by atoms with Crippen LogP contribution in [0.15, 0.2) is 60.4 Å². The van der Waals surface area contributed by atoms with Gasteiger partial charge in [-0.3, -0.25) is 9.59 Å². The molecule has 0 aromatic heterocycles. The van der Waals surface area contributed by atoms with Gasteiger partial charge in [-0.1, -0.05) is 36.3 Å². The van der Waals surface area contributed by atoms with Crippen LogP contribution in [0.25, 0.3) is 22.3 Å². The molecule has 1 heterocycles. The Hall–Kier alpha value is -3.86. The summed E-state index contributed by atoms with van der Waals surface area (Å²) in [6, 6.07) is -8.17. The van der Waals surface area contributed by atoms with Crippen molar-refractivity contribution in [2.45, 2.75) is 6.42 Å². The molecule has 134 valence electrons. The first-order valence-electron chi connectivity index (χ1n) is 12.9. The van der Waals surface area contributed by atoms with Crippen LogP contribution in [0.5, 0.6) is 0 Å². The molecule has 0 spiro atoms. The number of ketones is 2. The maximum Gasteiger partial charge on any atom is 0.346 e. The van der Waals surface area contributed by atoms with Crippen molar-refractivity contribution >= 4 is 23.5 Å². The predicted octanol–water partition coefficient (Wildman–Crippen LogP) is 4.10. The van der Waals surface area contributed by atoms with Crippen LogP contribution in [0, 0.1) is 0 Å². The van der Waals surface area contributed by atoms with E-state index in [2.05, 4.69) is 4.74 Å². The Bertz CT molecular complexity index is 1620. The van der Waals surface area contributed by atoms with Gasteiger partial charge in [-0.15, -0.1) is 0 Å². The van der Waals surface area contributed by atoms with E-state index in [0.717, 1.165) is 0 Å². The van der Waals surface area contributed by atoms with Gasteiger partial charge >= 0.3 is 11.9 Å². The van der Waals surface area contributed by atoms with Crippen LogP contribution in [0.3, 0.4) is 0 Å². The Balaban J connectivity index is 1.94. The number of ether oxygens (including phenoxy) is 1. The number of hydrogen-bond donors (Lipinski definition) is 0. The second kappa shape index (κ2) is 5.82. The molecule has 3 aromatic carbocycles. The average Bonchev–Trinajstić information content (AvgIpc) is 3.32. The number of cyclic esters (lactones) is 2. The molecule has 0 amide bonds. The minimum absolute atomic E-state index is 0.433. The average molecular weight is 378 g/mol. The molecule has 0 atom stereocenters. The molecule has 0 unspecified atom stereocenters. The Kier molecular flexibility index (Phi) is 1.85. The highest BCUT2D eigenvalue weighted by atomic mass is 16.6. The summed E-state index contributed by atoms with van der Waals surface area (Å²) in [7, 11) is 0. The molecule has 0 bridgehead atoms. The zero-order valence-corrected chi connectivity index (χ0v) is 13.7. The van der Waals surface area contributed by atoms with Crippen molar-refractivity contribution in [1.29, 1.82) is 0 Å². The number of hydrogen-bond acceptors (Lipinski definition) is 5. The van der Waals surface area contributed by atoms with Crippen LogP contribution in [0.2, 0.25) is 0 Å². The topological polar surface area (TPSA) is 77.5 Å². The lowest BCUT2D eigenvalue weighted by Gasteiger charge is -2.08. The lowest BCUT2D eigenvalue weighted by Crippen LogP contribution is -1.96. The lowest BCUT2D eigenvalue weighted by molar-refractivity contribution is 0.0443. The van der Waals surface area contributed by atoms with Crippen LogP contribution >= 0.6 is 0 Å². The molecule has 3 aromatic rings. The minimum atomic E-state index is -1.28. The minimum Gasteiger partial charge on any atom is -0.386 e. The number of fused-ring (bicyclic) bond motifs is 2. The van der Waals surface area contributed by atoms with E-state index in [4.69, 9.17) is 13.7 Å². The molecule has 28 heavy (non-hydrogen) atoms. The summed E-state index contributed by atoms with van der Waals surface area (Å²) < 4.78 is 88.5. The molecule has 0 N–H and O–H groups in total. The largest absolute Gasteiger partial charge is 0.386 e.